The summed E-state index contributed by atoms with van der Waals surface area (Å²) in [5, 5.41) is 10.1. The quantitative estimate of drug-likeness (QED) is 0.454. The van der Waals surface area contributed by atoms with Crippen LogP contribution in [0.15, 0.2) is 71.7 Å². The predicted octanol–water partition coefficient (Wildman–Crippen LogP) is 6.22. The molecule has 0 bridgehead atoms. The van der Waals surface area contributed by atoms with E-state index in [0.29, 0.717) is 23.2 Å². The molecular weight excluding hydrogens is 459 g/mol. The average molecular weight is 481 g/mol. The third-order valence-corrected chi connectivity index (χ3v) is 6.10. The molecule has 1 aliphatic heterocycles. The summed E-state index contributed by atoms with van der Waals surface area (Å²) in [5.41, 5.74) is 5.03. The van der Waals surface area contributed by atoms with Crippen LogP contribution in [0.5, 0.6) is 5.75 Å². The second kappa shape index (κ2) is 10.1. The highest BCUT2D eigenvalue weighted by atomic mass is 35.5. The Kier molecular flexibility index (Phi) is 7.02. The molecule has 1 aliphatic rings. The van der Waals surface area contributed by atoms with Gasteiger partial charge in [-0.25, -0.2) is 4.79 Å². The largest absolute Gasteiger partial charge is 0.489 e. The molecule has 0 amide bonds. The average Bonchev–Trinajstić information content (AvgIpc) is 2.97. The van der Waals surface area contributed by atoms with Gasteiger partial charge in [0.05, 0.1) is 27.9 Å². The number of carboxylic acids is 1. The second-order valence-corrected chi connectivity index (χ2v) is 8.48. The number of benzodiazepines with no additional fused rings is 1. The standard InChI is InChI=1S/C26H22Cl2N2O3/c1-30-13-12-29-24(11-5-17-4-10-22(27)23(28)14-17)21-9-8-20(15-25(21)30)33-16-18-2-6-19(7-3-18)26(31)32/h2-11,14-15H,12-13,16H2,1H3,(H,31,32)/b11-5+. The van der Waals surface area contributed by atoms with Crippen molar-refractivity contribution in [2.24, 2.45) is 4.99 Å². The first-order chi connectivity index (χ1) is 15.9. The van der Waals surface area contributed by atoms with E-state index in [1.165, 1.54) is 0 Å². The molecule has 4 rings (SSSR count). The molecule has 168 valence electrons. The van der Waals surface area contributed by atoms with Gasteiger partial charge in [0, 0.05) is 30.9 Å². The van der Waals surface area contributed by atoms with Crippen LogP contribution in [0.2, 0.25) is 10.0 Å². The Labute approximate surface area is 202 Å². The van der Waals surface area contributed by atoms with Crippen molar-refractivity contribution in [3.8, 4) is 5.75 Å². The molecule has 0 atom stereocenters. The first-order valence-corrected chi connectivity index (χ1v) is 11.1. The number of carboxylic acid groups (broad SMARTS) is 1. The molecule has 0 aliphatic carbocycles. The molecule has 0 radical (unpaired) electrons. The number of hydrogen-bond acceptors (Lipinski definition) is 4. The zero-order valence-electron chi connectivity index (χ0n) is 18.0. The number of aromatic carboxylic acids is 1. The number of nitrogens with zero attached hydrogens (tertiary/aromatic N) is 2. The molecule has 3 aromatic rings. The van der Waals surface area contributed by atoms with Crippen molar-refractivity contribution in [3.05, 3.63) is 99.0 Å². The van der Waals surface area contributed by atoms with E-state index in [-0.39, 0.29) is 5.56 Å². The van der Waals surface area contributed by atoms with Crippen molar-refractivity contribution >= 4 is 46.6 Å². The lowest BCUT2D eigenvalue weighted by atomic mass is 10.0. The maximum atomic E-state index is 11.0. The van der Waals surface area contributed by atoms with Gasteiger partial charge in [-0.15, -0.1) is 0 Å². The minimum atomic E-state index is -0.943. The first-order valence-electron chi connectivity index (χ1n) is 10.4. The van der Waals surface area contributed by atoms with Crippen molar-refractivity contribution in [2.75, 3.05) is 25.0 Å². The molecule has 0 unspecified atom stereocenters. The van der Waals surface area contributed by atoms with Crippen molar-refractivity contribution in [1.82, 2.24) is 0 Å². The van der Waals surface area contributed by atoms with Gasteiger partial charge in [0.25, 0.3) is 0 Å². The number of anilines is 1. The van der Waals surface area contributed by atoms with Crippen LogP contribution in [0.1, 0.15) is 27.0 Å². The van der Waals surface area contributed by atoms with Gasteiger partial charge in [0.2, 0.25) is 0 Å². The van der Waals surface area contributed by atoms with E-state index in [4.69, 9.17) is 38.0 Å². The zero-order valence-corrected chi connectivity index (χ0v) is 19.5. The SMILES string of the molecule is CN1CCN=C(/C=C/c2ccc(Cl)c(Cl)c2)c2ccc(OCc3ccc(C(=O)O)cc3)cc21. The number of allylic oxidation sites excluding steroid dienone is 1. The number of fused-ring (bicyclic) bond motifs is 1. The molecule has 0 spiro atoms. The predicted molar refractivity (Wildman–Crippen MR) is 134 cm³/mol. The summed E-state index contributed by atoms with van der Waals surface area (Å²) in [6.07, 6.45) is 3.96. The smallest absolute Gasteiger partial charge is 0.335 e. The van der Waals surface area contributed by atoms with Crippen LogP contribution in [0.4, 0.5) is 5.69 Å². The minimum absolute atomic E-state index is 0.256. The number of rotatable bonds is 6. The molecule has 0 aromatic heterocycles. The van der Waals surface area contributed by atoms with Crippen LogP contribution in [0.3, 0.4) is 0 Å². The molecule has 33 heavy (non-hydrogen) atoms. The van der Waals surface area contributed by atoms with E-state index < -0.39 is 5.97 Å². The van der Waals surface area contributed by atoms with Crippen LogP contribution < -0.4 is 9.64 Å². The van der Waals surface area contributed by atoms with Crippen molar-refractivity contribution in [3.63, 3.8) is 0 Å². The fraction of sp³-hybridized carbons (Fsp3) is 0.154. The number of carbonyl (C=O) groups is 1. The Hall–Kier alpha value is -3.28. The van der Waals surface area contributed by atoms with E-state index >= 15 is 0 Å². The van der Waals surface area contributed by atoms with Gasteiger partial charge in [-0.1, -0.05) is 47.5 Å². The molecule has 0 fully saturated rings. The molecule has 1 heterocycles. The van der Waals surface area contributed by atoms with E-state index in [1.54, 1.807) is 30.3 Å². The summed E-state index contributed by atoms with van der Waals surface area (Å²) < 4.78 is 5.98. The Morgan fingerprint density at radius 1 is 1.06 bits per heavy atom. The molecule has 7 heteroatoms. The maximum Gasteiger partial charge on any atom is 0.335 e. The summed E-state index contributed by atoms with van der Waals surface area (Å²) in [6, 6.07) is 18.1. The maximum absolute atomic E-state index is 11.0. The van der Waals surface area contributed by atoms with Crippen LogP contribution in [0, 0.1) is 0 Å². The Bertz CT molecular complexity index is 1240. The highest BCUT2D eigenvalue weighted by molar-refractivity contribution is 6.42. The van der Waals surface area contributed by atoms with Crippen molar-refractivity contribution in [2.45, 2.75) is 6.61 Å². The van der Waals surface area contributed by atoms with Gasteiger partial charge in [0.15, 0.2) is 0 Å². The van der Waals surface area contributed by atoms with Gasteiger partial charge in [-0.2, -0.15) is 0 Å². The van der Waals surface area contributed by atoms with Crippen LogP contribution in [-0.2, 0) is 6.61 Å². The fourth-order valence-corrected chi connectivity index (χ4v) is 3.81. The van der Waals surface area contributed by atoms with E-state index in [1.807, 2.05) is 49.5 Å². The lowest BCUT2D eigenvalue weighted by Crippen LogP contribution is -2.20. The number of ether oxygens (including phenoxy) is 1. The molecule has 5 nitrogen and oxygen atoms in total. The summed E-state index contributed by atoms with van der Waals surface area (Å²) in [4.78, 5) is 17.9. The molecule has 3 aromatic carbocycles. The van der Waals surface area contributed by atoms with Crippen LogP contribution >= 0.6 is 23.2 Å². The fourth-order valence-electron chi connectivity index (χ4n) is 3.50. The summed E-state index contributed by atoms with van der Waals surface area (Å²) in [7, 11) is 2.04. The van der Waals surface area contributed by atoms with Crippen molar-refractivity contribution in [1.29, 1.82) is 0 Å². The highest BCUT2D eigenvalue weighted by Gasteiger charge is 2.16. The molecule has 0 saturated heterocycles. The Balaban J connectivity index is 1.53. The molecule has 0 saturated carbocycles. The summed E-state index contributed by atoms with van der Waals surface area (Å²) in [6.45, 7) is 1.82. The van der Waals surface area contributed by atoms with E-state index in [2.05, 4.69) is 4.90 Å². The Morgan fingerprint density at radius 3 is 2.58 bits per heavy atom. The lowest BCUT2D eigenvalue weighted by molar-refractivity contribution is 0.0697. The second-order valence-electron chi connectivity index (χ2n) is 7.67. The van der Waals surface area contributed by atoms with Gasteiger partial charge < -0.3 is 14.7 Å². The third-order valence-electron chi connectivity index (χ3n) is 5.36. The number of benzene rings is 3. The van der Waals surface area contributed by atoms with Gasteiger partial charge in [-0.3, -0.25) is 4.99 Å². The lowest BCUT2D eigenvalue weighted by Gasteiger charge is -2.20. The molecular formula is C26H22Cl2N2O3. The molecule has 1 N–H and O–H groups in total. The number of likely N-dealkylation sites (N-methyl/N-ethyl adjacent to an activating group) is 1. The highest BCUT2D eigenvalue weighted by Crippen LogP contribution is 2.29. The van der Waals surface area contributed by atoms with E-state index in [9.17, 15) is 4.79 Å². The van der Waals surface area contributed by atoms with Crippen LogP contribution in [0.25, 0.3) is 6.08 Å². The normalized spacial score (nSPS) is 13.4. The number of halogens is 2. The van der Waals surface area contributed by atoms with Gasteiger partial charge in [-0.05, 0) is 53.6 Å². The third kappa shape index (κ3) is 5.56. The van der Waals surface area contributed by atoms with Gasteiger partial charge >= 0.3 is 5.97 Å². The Morgan fingerprint density at radius 2 is 1.85 bits per heavy atom. The number of hydrogen-bond donors (Lipinski definition) is 1. The van der Waals surface area contributed by atoms with Gasteiger partial charge in [0.1, 0.15) is 12.4 Å². The first kappa shape index (κ1) is 22.9. The zero-order chi connectivity index (χ0) is 23.4. The summed E-state index contributed by atoms with van der Waals surface area (Å²) in [5.74, 6) is -0.209. The summed E-state index contributed by atoms with van der Waals surface area (Å²) >= 11 is 12.1. The monoisotopic (exact) mass is 480 g/mol. The van der Waals surface area contributed by atoms with E-state index in [0.717, 1.165) is 40.4 Å². The number of aliphatic imine (C=N–C) groups is 1. The van der Waals surface area contributed by atoms with Crippen molar-refractivity contribution < 1.29 is 14.6 Å². The van der Waals surface area contributed by atoms with Crippen LogP contribution in [-0.4, -0.2) is 36.9 Å². The topological polar surface area (TPSA) is 62.1 Å². The minimum Gasteiger partial charge on any atom is -0.489 e.